The molecule has 8 heteroatoms. The minimum absolute atomic E-state index is 0.206. The van der Waals surface area contributed by atoms with Crippen molar-refractivity contribution in [1.82, 2.24) is 4.98 Å². The number of carboxylic acid groups (broad SMARTS) is 1. The summed E-state index contributed by atoms with van der Waals surface area (Å²) >= 11 is 5.38. The highest BCUT2D eigenvalue weighted by Gasteiger charge is 2.37. The molecule has 4 aromatic rings. The summed E-state index contributed by atoms with van der Waals surface area (Å²) in [5.41, 5.74) is 1.66. The minimum Gasteiger partial charge on any atom is -0.476 e. The molecule has 0 bridgehead atoms. The molecule has 6 nitrogen and oxygen atoms in total. The van der Waals surface area contributed by atoms with E-state index in [1.54, 1.807) is 12.3 Å². The van der Waals surface area contributed by atoms with E-state index in [2.05, 4.69) is 64.5 Å². The number of aliphatic carboxylic acids is 1. The topological polar surface area (TPSA) is 83.8 Å². The molecule has 1 atom stereocenters. The number of aromatic nitrogens is 1. The number of hydrogen-bond acceptors (Lipinski definition) is 7. The molecule has 3 aromatic carbocycles. The van der Waals surface area contributed by atoms with Gasteiger partial charge in [-0.05, 0) is 23.6 Å². The third-order valence-electron chi connectivity index (χ3n) is 5.16. The molecule has 172 valence electrons. The number of nitrogens with zero attached hydrogens (tertiary/aromatic N) is 2. The first-order valence-electron chi connectivity index (χ1n) is 10.6. The van der Waals surface area contributed by atoms with Gasteiger partial charge in [0.25, 0.3) is 0 Å². The number of oxime groups is 1. The molecule has 0 saturated heterocycles. The van der Waals surface area contributed by atoms with Crippen LogP contribution in [0.4, 0.5) is 5.13 Å². The predicted molar refractivity (Wildman–Crippen MR) is 139 cm³/mol. The number of thiazole rings is 1. The Bertz CT molecular complexity index is 1160. The van der Waals surface area contributed by atoms with Crippen molar-refractivity contribution < 1.29 is 14.7 Å². The Kier molecular flexibility index (Phi) is 7.30. The van der Waals surface area contributed by atoms with Crippen LogP contribution in [0.5, 0.6) is 0 Å². The van der Waals surface area contributed by atoms with E-state index in [1.165, 1.54) is 11.3 Å². The number of benzene rings is 3. The van der Waals surface area contributed by atoms with Crippen molar-refractivity contribution in [1.29, 1.82) is 0 Å². The summed E-state index contributed by atoms with van der Waals surface area (Å²) in [6.45, 7) is 1.65. The van der Waals surface area contributed by atoms with Gasteiger partial charge in [-0.3, -0.25) is 0 Å². The molecular formula is C26H23N3O3S2. The molecule has 0 aliphatic carbocycles. The average molecular weight is 490 g/mol. The van der Waals surface area contributed by atoms with Crippen molar-refractivity contribution in [3.63, 3.8) is 0 Å². The van der Waals surface area contributed by atoms with E-state index in [1.807, 2.05) is 54.6 Å². The van der Waals surface area contributed by atoms with Crippen molar-refractivity contribution in [3.05, 3.63) is 119 Å². The molecule has 0 amide bonds. The second-order valence-corrected chi connectivity index (χ2v) is 9.05. The fraction of sp³-hybridized carbons (Fsp3) is 0.115. The van der Waals surface area contributed by atoms with Gasteiger partial charge in [0.15, 0.2) is 10.6 Å². The van der Waals surface area contributed by atoms with Gasteiger partial charge in [0, 0.05) is 5.38 Å². The lowest BCUT2D eigenvalue weighted by molar-refractivity contribution is -0.129. The average Bonchev–Trinajstić information content (AvgIpc) is 3.32. The van der Waals surface area contributed by atoms with E-state index in [9.17, 15) is 9.90 Å². The molecule has 1 aromatic heterocycles. The highest BCUT2D eigenvalue weighted by atomic mass is 32.1. The lowest BCUT2D eigenvalue weighted by Crippen LogP contribution is -2.38. The summed E-state index contributed by atoms with van der Waals surface area (Å²) in [4.78, 5) is 21.4. The van der Waals surface area contributed by atoms with Crippen LogP contribution in [0.2, 0.25) is 0 Å². The van der Waals surface area contributed by atoms with Gasteiger partial charge in [-0.15, -0.1) is 24.0 Å². The van der Waals surface area contributed by atoms with Crippen LogP contribution in [0.1, 0.15) is 29.3 Å². The summed E-state index contributed by atoms with van der Waals surface area (Å²) in [5, 5.41) is 19.2. The van der Waals surface area contributed by atoms with E-state index in [-0.39, 0.29) is 11.4 Å². The first-order chi connectivity index (χ1) is 16.5. The van der Waals surface area contributed by atoms with E-state index in [0.717, 1.165) is 16.7 Å². The van der Waals surface area contributed by atoms with Gasteiger partial charge < -0.3 is 15.3 Å². The zero-order valence-corrected chi connectivity index (χ0v) is 20.0. The number of carboxylic acids is 1. The lowest BCUT2D eigenvalue weighted by atomic mass is 9.77. The van der Waals surface area contributed by atoms with Crippen LogP contribution in [0.25, 0.3) is 0 Å². The van der Waals surface area contributed by atoms with Crippen LogP contribution >= 0.6 is 24.0 Å². The molecule has 0 spiro atoms. The van der Waals surface area contributed by atoms with Gasteiger partial charge in [0.05, 0.1) is 0 Å². The Hall–Kier alpha value is -3.62. The van der Waals surface area contributed by atoms with Gasteiger partial charge >= 0.3 is 5.97 Å². The molecular weight excluding hydrogens is 466 g/mol. The summed E-state index contributed by atoms with van der Waals surface area (Å²) in [5.74, 6) is -1.23. The van der Waals surface area contributed by atoms with Crippen molar-refractivity contribution in [2.45, 2.75) is 17.9 Å². The quantitative estimate of drug-likeness (QED) is 0.0933. The van der Waals surface area contributed by atoms with E-state index in [0.29, 0.717) is 5.13 Å². The zero-order chi connectivity index (χ0) is 24.0. The Morgan fingerprint density at radius 3 is 1.85 bits per heavy atom. The largest absolute Gasteiger partial charge is 0.476 e. The second-order valence-electron chi connectivity index (χ2n) is 7.46. The predicted octanol–water partition coefficient (Wildman–Crippen LogP) is 5.63. The summed E-state index contributed by atoms with van der Waals surface area (Å²) in [6, 6.07) is 30.3. The molecule has 0 fully saturated rings. The van der Waals surface area contributed by atoms with E-state index < -0.39 is 16.9 Å². The van der Waals surface area contributed by atoms with Gasteiger partial charge in [0.1, 0.15) is 11.2 Å². The third kappa shape index (κ3) is 4.98. The molecule has 2 N–H and O–H groups in total. The normalized spacial score (nSPS) is 12.7. The van der Waals surface area contributed by atoms with Crippen molar-refractivity contribution in [2.75, 3.05) is 5.32 Å². The minimum atomic E-state index is -1.23. The van der Waals surface area contributed by atoms with Crippen LogP contribution in [0.3, 0.4) is 0 Å². The summed E-state index contributed by atoms with van der Waals surface area (Å²) in [7, 11) is 0. The molecule has 0 aliphatic rings. The molecule has 1 unspecified atom stereocenters. The highest BCUT2D eigenvalue weighted by molar-refractivity contribution is 7.80. The Morgan fingerprint density at radius 2 is 1.44 bits per heavy atom. The fourth-order valence-corrected chi connectivity index (χ4v) is 4.50. The maximum Gasteiger partial charge on any atom is 0.360 e. The maximum absolute atomic E-state index is 11.8. The second kappa shape index (κ2) is 10.5. The number of carbonyl (C=O) groups is 1. The van der Waals surface area contributed by atoms with Gasteiger partial charge in [-0.2, -0.15) is 0 Å². The smallest absolute Gasteiger partial charge is 0.360 e. The van der Waals surface area contributed by atoms with Gasteiger partial charge in [0.2, 0.25) is 5.71 Å². The van der Waals surface area contributed by atoms with Gasteiger partial charge in [-0.1, -0.05) is 96.2 Å². The van der Waals surface area contributed by atoms with Gasteiger partial charge in [-0.25, -0.2) is 9.78 Å². The van der Waals surface area contributed by atoms with Crippen molar-refractivity contribution in [2.24, 2.45) is 5.16 Å². The van der Waals surface area contributed by atoms with E-state index >= 15 is 0 Å². The van der Waals surface area contributed by atoms with Crippen LogP contribution in [-0.2, 0) is 15.2 Å². The molecule has 4 rings (SSSR count). The zero-order valence-electron chi connectivity index (χ0n) is 18.3. The highest BCUT2D eigenvalue weighted by Crippen LogP contribution is 2.40. The first kappa shape index (κ1) is 23.5. The number of thiol groups is 1. The summed E-state index contributed by atoms with van der Waals surface area (Å²) in [6.07, 6.45) is 0. The number of rotatable bonds is 9. The van der Waals surface area contributed by atoms with E-state index in [4.69, 9.17) is 4.84 Å². The van der Waals surface area contributed by atoms with Crippen LogP contribution < -0.4 is 5.32 Å². The Morgan fingerprint density at radius 1 is 0.971 bits per heavy atom. The van der Waals surface area contributed by atoms with Crippen LogP contribution in [0.15, 0.2) is 102 Å². The molecule has 1 heterocycles. The van der Waals surface area contributed by atoms with Crippen molar-refractivity contribution in [3.8, 4) is 0 Å². The number of hydrogen-bond donors (Lipinski definition) is 3. The van der Waals surface area contributed by atoms with Crippen molar-refractivity contribution >= 4 is 40.8 Å². The Labute approximate surface area is 207 Å². The number of nitrogens with one attached hydrogen (secondary N) is 1. The van der Waals surface area contributed by atoms with Crippen LogP contribution in [0, 0.1) is 0 Å². The third-order valence-corrected chi connectivity index (χ3v) is 6.01. The molecule has 0 aliphatic heterocycles. The first-order valence-corrected chi connectivity index (χ1v) is 12.0. The number of anilines is 1. The lowest BCUT2D eigenvalue weighted by Gasteiger charge is -2.36. The molecule has 34 heavy (non-hydrogen) atoms. The monoisotopic (exact) mass is 489 g/mol. The van der Waals surface area contributed by atoms with Crippen LogP contribution in [-0.4, -0.2) is 27.2 Å². The molecule has 0 saturated carbocycles. The Balaban J connectivity index is 1.85. The molecule has 0 radical (unpaired) electrons. The SMILES string of the molecule is CC(S)ON=C(C(=O)O)c1csc(NC(c2ccccc2)(c2ccccc2)c2ccccc2)n1. The standard InChI is InChI=1S/C26H23N3O3S2/c1-18(33)32-29-23(24(30)31)22-17-34-25(27-22)28-26(19-11-5-2-6-12-19,20-13-7-3-8-14-20)21-15-9-4-10-16-21/h2-18,33H,1H3,(H,27,28)(H,30,31). The summed E-state index contributed by atoms with van der Waals surface area (Å²) < 4.78 is 0. The fourth-order valence-electron chi connectivity index (χ4n) is 3.71. The maximum atomic E-state index is 11.8.